The first-order chi connectivity index (χ1) is 14.2. The second-order valence-corrected chi connectivity index (χ2v) is 6.40. The maximum Gasteiger partial charge on any atom is 0.216 e. The van der Waals surface area contributed by atoms with Gasteiger partial charge in [0.05, 0.1) is 19.9 Å². The number of hydrogen-bond acceptors (Lipinski definition) is 5. The van der Waals surface area contributed by atoms with Crippen LogP contribution in [0, 0.1) is 0 Å². The van der Waals surface area contributed by atoms with Gasteiger partial charge in [-0.15, -0.1) is 6.58 Å². The number of rotatable bonds is 7. The van der Waals surface area contributed by atoms with Crippen molar-refractivity contribution in [2.75, 3.05) is 25.7 Å². The van der Waals surface area contributed by atoms with Gasteiger partial charge in [-0.05, 0) is 30.3 Å². The quantitative estimate of drug-likeness (QED) is 0.430. The molecule has 0 aliphatic carbocycles. The topological polar surface area (TPSA) is 51.9 Å². The van der Waals surface area contributed by atoms with Crippen molar-refractivity contribution in [1.82, 2.24) is 14.4 Å². The molecule has 0 bridgehead atoms. The van der Waals surface area contributed by atoms with Gasteiger partial charge in [0.15, 0.2) is 11.5 Å². The summed E-state index contributed by atoms with van der Waals surface area (Å²) in [6.45, 7) is 4.53. The second-order valence-electron chi connectivity index (χ2n) is 6.40. The largest absolute Gasteiger partial charge is 0.493 e. The molecule has 0 saturated carbocycles. The minimum atomic E-state index is 0.611. The second kappa shape index (κ2) is 8.06. The number of methoxy groups -OCH3 is 2. The van der Waals surface area contributed by atoms with Crippen molar-refractivity contribution in [2.45, 2.75) is 0 Å². The summed E-state index contributed by atoms with van der Waals surface area (Å²) in [6, 6.07) is 17.8. The Kier molecular flexibility index (Phi) is 5.16. The Labute approximate surface area is 169 Å². The summed E-state index contributed by atoms with van der Waals surface area (Å²) in [5.41, 5.74) is 3.55. The van der Waals surface area contributed by atoms with Gasteiger partial charge in [-0.3, -0.25) is 4.40 Å². The van der Waals surface area contributed by atoms with Crippen LogP contribution >= 0.6 is 0 Å². The van der Waals surface area contributed by atoms with Gasteiger partial charge in [-0.1, -0.05) is 24.3 Å². The van der Waals surface area contributed by atoms with Crippen LogP contribution in [-0.2, 0) is 0 Å². The Bertz CT molecular complexity index is 1140. The molecule has 4 rings (SSSR count). The molecule has 0 atom stereocenters. The molecule has 2 aromatic carbocycles. The summed E-state index contributed by atoms with van der Waals surface area (Å²) in [6.07, 6.45) is 5.55. The number of imidazole rings is 1. The van der Waals surface area contributed by atoms with Crippen LogP contribution in [0.2, 0.25) is 0 Å². The van der Waals surface area contributed by atoms with E-state index >= 15 is 0 Å². The standard InChI is InChI=1S/C23H22N4O2/c1-4-13-26(18-8-6-5-7-9-18)23-25-19(16-22-24-12-14-27(22)23)17-10-11-20(28-2)21(15-17)29-3/h4-12,14-16H,1,13H2,2-3H3. The van der Waals surface area contributed by atoms with Gasteiger partial charge in [-0.2, -0.15) is 0 Å². The summed E-state index contributed by atoms with van der Waals surface area (Å²) in [7, 11) is 3.25. The van der Waals surface area contributed by atoms with Crippen LogP contribution in [-0.4, -0.2) is 35.1 Å². The van der Waals surface area contributed by atoms with Crippen molar-refractivity contribution >= 4 is 17.3 Å². The zero-order chi connectivity index (χ0) is 20.2. The number of benzene rings is 2. The van der Waals surface area contributed by atoms with E-state index in [-0.39, 0.29) is 0 Å². The van der Waals surface area contributed by atoms with Gasteiger partial charge in [0.1, 0.15) is 5.65 Å². The molecule has 2 aromatic heterocycles. The van der Waals surface area contributed by atoms with E-state index in [1.807, 2.05) is 59.1 Å². The first-order valence-electron chi connectivity index (χ1n) is 9.25. The minimum absolute atomic E-state index is 0.611. The van der Waals surface area contributed by atoms with Crippen LogP contribution in [0.3, 0.4) is 0 Å². The number of fused-ring (bicyclic) bond motifs is 1. The Hall–Kier alpha value is -3.80. The smallest absolute Gasteiger partial charge is 0.216 e. The predicted molar refractivity (Wildman–Crippen MR) is 115 cm³/mol. The van der Waals surface area contributed by atoms with Crippen LogP contribution < -0.4 is 14.4 Å². The summed E-state index contributed by atoms with van der Waals surface area (Å²) in [4.78, 5) is 11.6. The molecule has 6 heteroatoms. The van der Waals surface area contributed by atoms with Crippen molar-refractivity contribution in [2.24, 2.45) is 0 Å². The lowest BCUT2D eigenvalue weighted by atomic mass is 10.1. The lowest BCUT2D eigenvalue weighted by Gasteiger charge is -2.24. The van der Waals surface area contributed by atoms with Crippen LogP contribution in [0.25, 0.3) is 16.9 Å². The Morgan fingerprint density at radius 1 is 1.03 bits per heavy atom. The van der Waals surface area contributed by atoms with Crippen molar-refractivity contribution in [3.63, 3.8) is 0 Å². The highest BCUT2D eigenvalue weighted by atomic mass is 16.5. The lowest BCUT2D eigenvalue weighted by Crippen LogP contribution is -2.21. The average Bonchev–Trinajstić information content (AvgIpc) is 3.26. The molecule has 0 fully saturated rings. The molecule has 4 aromatic rings. The zero-order valence-electron chi connectivity index (χ0n) is 16.4. The van der Waals surface area contributed by atoms with Crippen LogP contribution in [0.1, 0.15) is 0 Å². The van der Waals surface area contributed by atoms with Crippen LogP contribution in [0.4, 0.5) is 11.6 Å². The summed E-state index contributed by atoms with van der Waals surface area (Å²) in [5, 5.41) is 0. The fourth-order valence-corrected chi connectivity index (χ4v) is 3.28. The lowest BCUT2D eigenvalue weighted by molar-refractivity contribution is 0.355. The summed E-state index contributed by atoms with van der Waals surface area (Å²) >= 11 is 0. The Morgan fingerprint density at radius 2 is 1.83 bits per heavy atom. The molecular formula is C23H22N4O2. The molecule has 0 spiro atoms. The highest BCUT2D eigenvalue weighted by Crippen LogP contribution is 2.33. The molecule has 0 aliphatic rings. The molecule has 0 N–H and O–H groups in total. The predicted octanol–water partition coefficient (Wildman–Crippen LogP) is 4.74. The molecule has 146 valence electrons. The van der Waals surface area contributed by atoms with Crippen molar-refractivity contribution in [3.8, 4) is 22.8 Å². The van der Waals surface area contributed by atoms with Crippen LogP contribution in [0.5, 0.6) is 11.5 Å². The van der Waals surface area contributed by atoms with Gasteiger partial charge >= 0.3 is 0 Å². The maximum atomic E-state index is 5.46. The van der Waals surface area contributed by atoms with E-state index in [1.54, 1.807) is 20.4 Å². The first kappa shape index (κ1) is 18.6. The molecule has 29 heavy (non-hydrogen) atoms. The van der Waals surface area contributed by atoms with E-state index in [2.05, 4.69) is 28.6 Å². The molecule has 0 amide bonds. The normalized spacial score (nSPS) is 10.7. The van der Waals surface area contributed by atoms with Crippen molar-refractivity contribution < 1.29 is 9.47 Å². The number of ether oxygens (including phenoxy) is 2. The van der Waals surface area contributed by atoms with E-state index in [4.69, 9.17) is 14.5 Å². The fourth-order valence-electron chi connectivity index (χ4n) is 3.28. The monoisotopic (exact) mass is 386 g/mol. The molecule has 0 radical (unpaired) electrons. The number of nitrogens with zero attached hydrogens (tertiary/aromatic N) is 4. The van der Waals surface area contributed by atoms with Gasteiger partial charge in [0, 0.05) is 36.3 Å². The maximum absolute atomic E-state index is 5.46. The van der Waals surface area contributed by atoms with E-state index < -0.39 is 0 Å². The fraction of sp³-hybridized carbons (Fsp3) is 0.130. The molecule has 0 aliphatic heterocycles. The van der Waals surface area contributed by atoms with Crippen molar-refractivity contribution in [3.05, 3.63) is 79.6 Å². The Balaban J connectivity index is 1.89. The average molecular weight is 386 g/mol. The number of aromatic nitrogens is 3. The van der Waals surface area contributed by atoms with E-state index in [0.29, 0.717) is 18.0 Å². The third-order valence-electron chi connectivity index (χ3n) is 4.67. The molecule has 6 nitrogen and oxygen atoms in total. The highest BCUT2D eigenvalue weighted by molar-refractivity contribution is 5.71. The third-order valence-corrected chi connectivity index (χ3v) is 4.67. The third kappa shape index (κ3) is 3.52. The molecule has 0 unspecified atom stereocenters. The van der Waals surface area contributed by atoms with Gasteiger partial charge in [0.2, 0.25) is 5.95 Å². The van der Waals surface area contributed by atoms with Gasteiger partial charge < -0.3 is 14.4 Å². The van der Waals surface area contributed by atoms with Crippen LogP contribution in [0.15, 0.2) is 79.6 Å². The van der Waals surface area contributed by atoms with E-state index in [1.165, 1.54) is 0 Å². The van der Waals surface area contributed by atoms with Gasteiger partial charge in [-0.25, -0.2) is 9.97 Å². The molecular weight excluding hydrogens is 364 g/mol. The van der Waals surface area contributed by atoms with E-state index in [9.17, 15) is 0 Å². The van der Waals surface area contributed by atoms with E-state index in [0.717, 1.165) is 28.5 Å². The molecule has 0 saturated heterocycles. The highest BCUT2D eigenvalue weighted by Gasteiger charge is 2.17. The number of anilines is 2. The number of hydrogen-bond donors (Lipinski definition) is 0. The SMILES string of the molecule is C=CCN(c1ccccc1)c1nc(-c2ccc(OC)c(OC)c2)cc2nccn12. The molecule has 2 heterocycles. The first-order valence-corrected chi connectivity index (χ1v) is 9.25. The minimum Gasteiger partial charge on any atom is -0.493 e. The Morgan fingerprint density at radius 3 is 2.55 bits per heavy atom. The summed E-state index contributed by atoms with van der Waals surface area (Å²) in [5.74, 6) is 2.09. The summed E-state index contributed by atoms with van der Waals surface area (Å²) < 4.78 is 12.8. The zero-order valence-corrected chi connectivity index (χ0v) is 16.4. The number of para-hydroxylation sites is 1. The van der Waals surface area contributed by atoms with Crippen molar-refractivity contribution in [1.29, 1.82) is 0 Å². The van der Waals surface area contributed by atoms with Gasteiger partial charge in [0.25, 0.3) is 0 Å².